The van der Waals surface area contributed by atoms with Crippen molar-refractivity contribution in [2.24, 2.45) is 0 Å². The number of nitrogens with zero attached hydrogens (tertiary/aromatic N) is 1. The van der Waals surface area contributed by atoms with Crippen molar-refractivity contribution in [3.8, 4) is 5.75 Å². The van der Waals surface area contributed by atoms with Gasteiger partial charge in [-0.1, -0.05) is 73.5 Å². The van der Waals surface area contributed by atoms with Crippen molar-refractivity contribution < 1.29 is 18.7 Å². The Kier molecular flexibility index (Phi) is 8.71. The molecule has 0 aromatic heterocycles. The molecule has 3 aromatic carbocycles. The van der Waals surface area contributed by atoms with Crippen LogP contribution in [0, 0.1) is 5.82 Å². The summed E-state index contributed by atoms with van der Waals surface area (Å²) < 4.78 is 19.8. The monoisotopic (exact) mass is 488 g/mol. The smallest absolute Gasteiger partial charge is 0.243 e. The number of hydrogen-bond acceptors (Lipinski definition) is 3. The number of carbonyl (C=O) groups is 2. The Morgan fingerprint density at radius 1 is 0.972 bits per heavy atom. The van der Waals surface area contributed by atoms with Crippen LogP contribution in [-0.4, -0.2) is 35.9 Å². The summed E-state index contributed by atoms with van der Waals surface area (Å²) in [5.74, 6) is -0.229. The van der Waals surface area contributed by atoms with E-state index in [2.05, 4.69) is 5.32 Å². The fourth-order valence-corrected chi connectivity index (χ4v) is 4.80. The van der Waals surface area contributed by atoms with Crippen molar-refractivity contribution in [1.29, 1.82) is 0 Å². The second kappa shape index (κ2) is 12.3. The van der Waals surface area contributed by atoms with Crippen LogP contribution in [0.25, 0.3) is 0 Å². The number of ether oxygens (including phenoxy) is 1. The molecule has 6 heteroatoms. The molecule has 3 aromatic rings. The predicted octanol–water partition coefficient (Wildman–Crippen LogP) is 5.08. The van der Waals surface area contributed by atoms with Crippen LogP contribution in [0.1, 0.15) is 42.4 Å². The van der Waals surface area contributed by atoms with E-state index in [1.807, 2.05) is 54.6 Å². The molecule has 188 valence electrons. The molecule has 0 unspecified atom stereocenters. The molecular formula is C30H33FN2O3. The molecule has 1 aliphatic rings. The number of nitrogens with one attached hydrogen (secondary N) is 1. The minimum absolute atomic E-state index is 0.121. The number of halogens is 1. The molecule has 1 saturated carbocycles. The summed E-state index contributed by atoms with van der Waals surface area (Å²) >= 11 is 0. The van der Waals surface area contributed by atoms with Gasteiger partial charge < -0.3 is 15.0 Å². The second-order valence-corrected chi connectivity index (χ2v) is 9.34. The number of carbonyl (C=O) groups excluding carboxylic acids is 2. The molecule has 0 aliphatic heterocycles. The van der Waals surface area contributed by atoms with E-state index in [-0.39, 0.29) is 30.8 Å². The number of methoxy groups -OCH3 is 1. The lowest BCUT2D eigenvalue weighted by atomic mass is 10.0. The Morgan fingerprint density at radius 2 is 1.67 bits per heavy atom. The largest absolute Gasteiger partial charge is 0.497 e. The highest BCUT2D eigenvalue weighted by molar-refractivity contribution is 5.89. The van der Waals surface area contributed by atoms with Crippen LogP contribution in [-0.2, 0) is 29.0 Å². The van der Waals surface area contributed by atoms with Gasteiger partial charge in [-0.3, -0.25) is 9.59 Å². The van der Waals surface area contributed by atoms with Gasteiger partial charge in [-0.15, -0.1) is 0 Å². The van der Waals surface area contributed by atoms with E-state index < -0.39 is 11.9 Å². The molecule has 5 nitrogen and oxygen atoms in total. The second-order valence-electron chi connectivity index (χ2n) is 9.34. The Morgan fingerprint density at radius 3 is 2.39 bits per heavy atom. The van der Waals surface area contributed by atoms with E-state index in [1.54, 1.807) is 30.2 Å². The van der Waals surface area contributed by atoms with E-state index in [4.69, 9.17) is 4.74 Å². The molecule has 36 heavy (non-hydrogen) atoms. The summed E-state index contributed by atoms with van der Waals surface area (Å²) in [6, 6.07) is 22.8. The molecular weight excluding hydrogens is 455 g/mol. The maximum absolute atomic E-state index is 14.4. The molecule has 0 saturated heterocycles. The summed E-state index contributed by atoms with van der Waals surface area (Å²) in [7, 11) is 1.59. The van der Waals surface area contributed by atoms with Crippen molar-refractivity contribution >= 4 is 11.8 Å². The van der Waals surface area contributed by atoms with Crippen molar-refractivity contribution in [2.75, 3.05) is 7.11 Å². The predicted molar refractivity (Wildman–Crippen MR) is 138 cm³/mol. The van der Waals surface area contributed by atoms with Crippen LogP contribution >= 0.6 is 0 Å². The van der Waals surface area contributed by atoms with Crippen LogP contribution in [0.3, 0.4) is 0 Å². The maximum atomic E-state index is 14.4. The summed E-state index contributed by atoms with van der Waals surface area (Å²) in [6.45, 7) is 0.208. The van der Waals surface area contributed by atoms with Gasteiger partial charge in [0, 0.05) is 19.0 Å². The lowest BCUT2D eigenvalue weighted by Gasteiger charge is -2.32. The van der Waals surface area contributed by atoms with Gasteiger partial charge in [-0.25, -0.2) is 4.39 Å². The first-order valence-corrected chi connectivity index (χ1v) is 12.5. The Labute approximate surface area is 212 Å². The molecule has 0 radical (unpaired) electrons. The third-order valence-corrected chi connectivity index (χ3v) is 6.76. The zero-order valence-electron chi connectivity index (χ0n) is 20.7. The van der Waals surface area contributed by atoms with Crippen LogP contribution in [0.4, 0.5) is 4.39 Å². The molecule has 2 amide bonds. The number of benzene rings is 3. The lowest BCUT2D eigenvalue weighted by Crippen LogP contribution is -2.52. The van der Waals surface area contributed by atoms with Gasteiger partial charge in [0.05, 0.1) is 13.5 Å². The topological polar surface area (TPSA) is 58.6 Å². The summed E-state index contributed by atoms with van der Waals surface area (Å²) in [5.41, 5.74) is 2.11. The molecule has 1 fully saturated rings. The van der Waals surface area contributed by atoms with Gasteiger partial charge in [0.2, 0.25) is 11.8 Å². The van der Waals surface area contributed by atoms with Crippen LogP contribution < -0.4 is 10.1 Å². The highest BCUT2D eigenvalue weighted by Gasteiger charge is 2.32. The highest BCUT2D eigenvalue weighted by atomic mass is 19.1. The first-order chi connectivity index (χ1) is 17.5. The fraction of sp³-hybridized carbons (Fsp3) is 0.333. The zero-order chi connectivity index (χ0) is 25.3. The Hall–Kier alpha value is -3.67. The first kappa shape index (κ1) is 25.4. The number of hydrogen-bond donors (Lipinski definition) is 1. The minimum Gasteiger partial charge on any atom is -0.497 e. The average Bonchev–Trinajstić information content (AvgIpc) is 3.41. The van der Waals surface area contributed by atoms with Gasteiger partial charge in [0.15, 0.2) is 0 Å². The summed E-state index contributed by atoms with van der Waals surface area (Å²) in [4.78, 5) is 29.0. The van der Waals surface area contributed by atoms with Crippen LogP contribution in [0.15, 0.2) is 78.9 Å². The van der Waals surface area contributed by atoms with E-state index in [0.717, 1.165) is 36.8 Å². The number of amides is 2. The van der Waals surface area contributed by atoms with Crippen LogP contribution in [0.2, 0.25) is 0 Å². The van der Waals surface area contributed by atoms with E-state index in [1.165, 1.54) is 6.07 Å². The Balaban J connectivity index is 1.67. The minimum atomic E-state index is -0.738. The van der Waals surface area contributed by atoms with E-state index in [9.17, 15) is 14.0 Å². The Bertz CT molecular complexity index is 1160. The SMILES string of the molecule is COc1cccc(CN(C(=O)Cc2ccccc2F)[C@@H](Cc2ccccc2)C(=O)NC2CCCC2)c1. The normalized spacial score (nSPS) is 14.3. The van der Waals surface area contributed by atoms with Gasteiger partial charge >= 0.3 is 0 Å². The zero-order valence-corrected chi connectivity index (χ0v) is 20.7. The number of rotatable bonds is 10. The van der Waals surface area contributed by atoms with Crippen molar-refractivity contribution in [1.82, 2.24) is 10.2 Å². The quantitative estimate of drug-likeness (QED) is 0.433. The maximum Gasteiger partial charge on any atom is 0.243 e. The first-order valence-electron chi connectivity index (χ1n) is 12.5. The van der Waals surface area contributed by atoms with E-state index in [0.29, 0.717) is 17.7 Å². The van der Waals surface area contributed by atoms with Crippen molar-refractivity contribution in [3.05, 3.63) is 101 Å². The molecule has 1 aliphatic carbocycles. The lowest BCUT2D eigenvalue weighted by molar-refractivity contribution is -0.141. The third kappa shape index (κ3) is 6.72. The molecule has 0 spiro atoms. The van der Waals surface area contributed by atoms with Gasteiger partial charge in [0.1, 0.15) is 17.6 Å². The van der Waals surface area contributed by atoms with Gasteiger partial charge in [0.25, 0.3) is 0 Å². The van der Waals surface area contributed by atoms with Gasteiger partial charge in [-0.05, 0) is 47.7 Å². The molecule has 4 rings (SSSR count). The summed E-state index contributed by atoms with van der Waals surface area (Å²) in [5, 5.41) is 3.19. The standard InChI is InChI=1S/C30H33FN2O3/c1-36-26-16-9-12-23(18-26)21-33(29(34)20-24-13-5-8-17-27(24)31)28(19-22-10-3-2-4-11-22)30(35)32-25-14-6-7-15-25/h2-5,8-13,16-18,25,28H,6-7,14-15,19-21H2,1H3,(H,32,35)/t28-/m0/s1. The molecule has 0 bridgehead atoms. The van der Waals surface area contributed by atoms with E-state index >= 15 is 0 Å². The molecule has 0 heterocycles. The average molecular weight is 489 g/mol. The van der Waals surface area contributed by atoms with Gasteiger partial charge in [-0.2, -0.15) is 0 Å². The molecule has 1 atom stereocenters. The summed E-state index contributed by atoms with van der Waals surface area (Å²) in [6.07, 6.45) is 4.32. The highest BCUT2D eigenvalue weighted by Crippen LogP contribution is 2.22. The van der Waals surface area contributed by atoms with Crippen LogP contribution in [0.5, 0.6) is 5.75 Å². The fourth-order valence-electron chi connectivity index (χ4n) is 4.80. The van der Waals surface area contributed by atoms with Crippen molar-refractivity contribution in [3.63, 3.8) is 0 Å². The van der Waals surface area contributed by atoms with Crippen molar-refractivity contribution in [2.45, 2.75) is 57.2 Å². The third-order valence-electron chi connectivity index (χ3n) is 6.76. The molecule has 1 N–H and O–H groups in total.